The van der Waals surface area contributed by atoms with Crippen LogP contribution in [0.3, 0.4) is 0 Å². The van der Waals surface area contributed by atoms with Gasteiger partial charge < -0.3 is 26.4 Å². The second-order valence-corrected chi connectivity index (χ2v) is 12.4. The fraction of sp³-hybridized carbons (Fsp3) is 0.0909. The highest BCUT2D eigenvalue weighted by atomic mass is 16.5. The molecule has 0 spiro atoms. The highest BCUT2D eigenvalue weighted by Gasteiger charge is 2.26. The van der Waals surface area contributed by atoms with Gasteiger partial charge in [0, 0.05) is 36.1 Å². The van der Waals surface area contributed by atoms with E-state index in [1.165, 1.54) is 5.56 Å². The van der Waals surface area contributed by atoms with Gasteiger partial charge in [0.15, 0.2) is 11.5 Å². The molecule has 1 aliphatic heterocycles. The zero-order valence-corrected chi connectivity index (χ0v) is 27.4. The number of fused-ring (bicyclic) bond motifs is 2. The van der Waals surface area contributed by atoms with E-state index in [4.69, 9.17) is 16.2 Å². The van der Waals surface area contributed by atoms with Crippen LogP contribution in [0.15, 0.2) is 169 Å². The summed E-state index contributed by atoms with van der Waals surface area (Å²) in [4.78, 5) is 2.26. The van der Waals surface area contributed by atoms with Crippen molar-refractivity contribution in [2.75, 3.05) is 4.90 Å². The number of hydrogen-bond donors (Lipinski definition) is 3. The van der Waals surface area contributed by atoms with E-state index < -0.39 is 0 Å². The Kier molecular flexibility index (Phi) is 9.26. The number of para-hydroxylation sites is 1. The van der Waals surface area contributed by atoms with E-state index in [1.807, 2.05) is 36.6 Å². The number of anilines is 3. The molecular formula is C44H40N4O. The number of rotatable bonds is 9. The standard InChI is InChI=1S/C44H40N4O/c1-31(45)37-23-19-33(20-24-37)12-16-35-22-26-42-44(28-35)49-43-27-34(21-25-41(43)48(42)39-8-3-2-4-9-39)15-11-32-13-17-36(18-14-32)29-47-30-38-7-5-6-10-40(38)46/h2-23,25-28,30,37,40,47H,1,24,29,45-46H2/b15-11+,16-12+,38-30-. The number of hydrogen-bond acceptors (Lipinski definition) is 5. The molecule has 4 aromatic rings. The molecule has 242 valence electrons. The zero-order chi connectivity index (χ0) is 33.6. The minimum absolute atomic E-state index is 0.0653. The quantitative estimate of drug-likeness (QED) is 0.140. The predicted molar refractivity (Wildman–Crippen MR) is 205 cm³/mol. The molecule has 0 fully saturated rings. The highest BCUT2D eigenvalue weighted by Crippen LogP contribution is 2.51. The molecule has 1 heterocycles. The monoisotopic (exact) mass is 640 g/mol. The van der Waals surface area contributed by atoms with Crippen molar-refractivity contribution in [3.8, 4) is 11.5 Å². The molecule has 2 unspecified atom stereocenters. The van der Waals surface area contributed by atoms with Crippen LogP contribution < -0.4 is 26.4 Å². The van der Waals surface area contributed by atoms with Crippen LogP contribution in [0.4, 0.5) is 17.1 Å². The number of nitrogens with zero attached hydrogens (tertiary/aromatic N) is 1. The normalized spacial score (nSPS) is 18.8. The fourth-order valence-corrected chi connectivity index (χ4v) is 6.08. The smallest absolute Gasteiger partial charge is 0.152 e. The molecule has 0 radical (unpaired) electrons. The molecule has 49 heavy (non-hydrogen) atoms. The molecule has 0 saturated carbocycles. The third kappa shape index (κ3) is 7.43. The lowest BCUT2D eigenvalue weighted by molar-refractivity contribution is 0.476. The molecule has 0 bridgehead atoms. The molecule has 0 saturated heterocycles. The maximum Gasteiger partial charge on any atom is 0.152 e. The van der Waals surface area contributed by atoms with Crippen molar-refractivity contribution in [3.63, 3.8) is 0 Å². The van der Waals surface area contributed by atoms with Gasteiger partial charge in [-0.1, -0.05) is 128 Å². The summed E-state index contributed by atoms with van der Waals surface area (Å²) in [5, 5.41) is 3.38. The molecule has 5 nitrogen and oxygen atoms in total. The molecule has 0 amide bonds. The summed E-state index contributed by atoms with van der Waals surface area (Å²) in [5.74, 6) is 1.83. The average molecular weight is 641 g/mol. The second kappa shape index (κ2) is 14.4. The Hall–Kier alpha value is -6.04. The minimum Gasteiger partial charge on any atom is -0.453 e. The van der Waals surface area contributed by atoms with Crippen molar-refractivity contribution >= 4 is 35.3 Å². The van der Waals surface area contributed by atoms with Crippen LogP contribution in [0.2, 0.25) is 0 Å². The molecule has 4 aromatic carbocycles. The van der Waals surface area contributed by atoms with Gasteiger partial charge in [-0.2, -0.15) is 0 Å². The van der Waals surface area contributed by atoms with Crippen molar-refractivity contribution in [3.05, 3.63) is 191 Å². The lowest BCUT2D eigenvalue weighted by Crippen LogP contribution is -2.22. The molecular weight excluding hydrogens is 601 g/mol. The van der Waals surface area contributed by atoms with Crippen LogP contribution in [0.25, 0.3) is 18.2 Å². The van der Waals surface area contributed by atoms with Crippen molar-refractivity contribution in [2.45, 2.75) is 19.0 Å². The van der Waals surface area contributed by atoms with Gasteiger partial charge in [-0.15, -0.1) is 0 Å². The molecule has 5 N–H and O–H groups in total. The Morgan fingerprint density at radius 1 is 0.796 bits per heavy atom. The Balaban J connectivity index is 1.08. The van der Waals surface area contributed by atoms with Crippen LogP contribution in [0.1, 0.15) is 28.7 Å². The molecule has 2 aliphatic carbocycles. The fourth-order valence-electron chi connectivity index (χ4n) is 6.08. The number of nitrogens with one attached hydrogen (secondary N) is 1. The summed E-state index contributed by atoms with van der Waals surface area (Å²) in [7, 11) is 0. The number of ether oxygens (including phenoxy) is 1. The molecule has 0 aromatic heterocycles. The Labute approximate surface area is 288 Å². The third-order valence-corrected chi connectivity index (χ3v) is 8.88. The van der Waals surface area contributed by atoms with Gasteiger partial charge >= 0.3 is 0 Å². The van der Waals surface area contributed by atoms with E-state index in [-0.39, 0.29) is 12.0 Å². The van der Waals surface area contributed by atoms with Crippen molar-refractivity contribution in [1.82, 2.24) is 5.32 Å². The maximum atomic E-state index is 6.61. The first-order valence-electron chi connectivity index (χ1n) is 16.6. The first-order chi connectivity index (χ1) is 24.0. The van der Waals surface area contributed by atoms with Gasteiger partial charge in [0.1, 0.15) is 0 Å². The van der Waals surface area contributed by atoms with Crippen molar-refractivity contribution in [2.24, 2.45) is 17.4 Å². The van der Waals surface area contributed by atoms with Gasteiger partial charge in [-0.05, 0) is 76.2 Å². The molecule has 7 rings (SSSR count). The topological polar surface area (TPSA) is 76.5 Å². The van der Waals surface area contributed by atoms with Crippen LogP contribution in [0.5, 0.6) is 11.5 Å². The summed E-state index contributed by atoms with van der Waals surface area (Å²) in [5.41, 5.74) is 22.5. The van der Waals surface area contributed by atoms with E-state index in [1.54, 1.807) is 0 Å². The summed E-state index contributed by atoms with van der Waals surface area (Å²) in [6.07, 6.45) is 25.8. The predicted octanol–water partition coefficient (Wildman–Crippen LogP) is 9.85. The summed E-state index contributed by atoms with van der Waals surface area (Å²) < 4.78 is 6.61. The van der Waals surface area contributed by atoms with Gasteiger partial charge in [0.2, 0.25) is 0 Å². The van der Waals surface area contributed by atoms with Gasteiger partial charge in [-0.25, -0.2) is 0 Å². The first kappa shape index (κ1) is 31.6. The minimum atomic E-state index is -0.0653. The number of allylic oxidation sites excluding steroid dienone is 7. The molecule has 3 aliphatic rings. The van der Waals surface area contributed by atoms with Crippen molar-refractivity contribution < 1.29 is 4.74 Å². The summed E-state index contributed by atoms with van der Waals surface area (Å²) in [6, 6.07) is 31.7. The van der Waals surface area contributed by atoms with Crippen LogP contribution in [0, 0.1) is 5.92 Å². The zero-order valence-electron chi connectivity index (χ0n) is 27.4. The summed E-state index contributed by atoms with van der Waals surface area (Å²) >= 11 is 0. The first-order valence-corrected chi connectivity index (χ1v) is 16.6. The van der Waals surface area contributed by atoms with Crippen LogP contribution in [-0.2, 0) is 6.54 Å². The lowest BCUT2D eigenvalue weighted by Gasteiger charge is -2.33. The Morgan fingerprint density at radius 2 is 1.47 bits per heavy atom. The van der Waals surface area contributed by atoms with Gasteiger partial charge in [0.25, 0.3) is 0 Å². The van der Waals surface area contributed by atoms with E-state index in [9.17, 15) is 0 Å². The average Bonchev–Trinajstić information content (AvgIpc) is 3.13. The van der Waals surface area contributed by atoms with Gasteiger partial charge in [-0.3, -0.25) is 0 Å². The van der Waals surface area contributed by atoms with E-state index in [0.29, 0.717) is 5.70 Å². The molecule has 2 atom stereocenters. The maximum absolute atomic E-state index is 6.61. The van der Waals surface area contributed by atoms with Crippen LogP contribution >= 0.6 is 0 Å². The number of nitrogens with two attached hydrogens (primary N) is 2. The SMILES string of the molecule is C=C(N)C1C=CC(/C=C/c2ccc3c(c2)Oc2cc(/C=C/c4ccc(CN/C=C5/C=CC=CC5N)cc4)ccc2N3c2ccccc2)=CC1. The lowest BCUT2D eigenvalue weighted by atomic mass is 9.94. The van der Waals surface area contributed by atoms with Crippen molar-refractivity contribution in [1.29, 1.82) is 0 Å². The third-order valence-electron chi connectivity index (χ3n) is 8.88. The Bertz CT molecular complexity index is 2060. The van der Waals surface area contributed by atoms with Crippen LogP contribution in [-0.4, -0.2) is 6.04 Å². The number of benzene rings is 4. The summed E-state index contributed by atoms with van der Waals surface area (Å²) in [6.45, 7) is 4.62. The van der Waals surface area contributed by atoms with E-state index in [0.717, 1.165) is 69.4 Å². The van der Waals surface area contributed by atoms with E-state index in [2.05, 4.69) is 144 Å². The largest absolute Gasteiger partial charge is 0.453 e. The van der Waals surface area contributed by atoms with Gasteiger partial charge in [0.05, 0.1) is 11.4 Å². The second-order valence-electron chi connectivity index (χ2n) is 12.4. The highest BCUT2D eigenvalue weighted by molar-refractivity contribution is 5.88. The molecule has 5 heteroatoms. The van der Waals surface area contributed by atoms with E-state index >= 15 is 0 Å². The Morgan fingerprint density at radius 3 is 2.12 bits per heavy atom.